The lowest BCUT2D eigenvalue weighted by molar-refractivity contribution is -0.116. The van der Waals surface area contributed by atoms with E-state index in [1.54, 1.807) is 18.2 Å². The number of aryl methyl sites for hydroxylation is 1. The highest BCUT2D eigenvalue weighted by atomic mass is 32.2. The first-order valence-electron chi connectivity index (χ1n) is 12.2. The van der Waals surface area contributed by atoms with Gasteiger partial charge in [0.25, 0.3) is 10.0 Å². The normalized spacial score (nSPS) is 11.2. The number of hydrogen-bond donors (Lipinski definition) is 2. The smallest absolute Gasteiger partial charge is 0.261 e. The Kier molecular flexibility index (Phi) is 8.30. The Morgan fingerprint density at radius 1 is 0.811 bits per heavy atom. The molecule has 1 amide bonds. The molecule has 4 aromatic rings. The number of amides is 1. The average Bonchev–Trinajstić information content (AvgIpc) is 2.89. The number of sulfonamides is 1. The van der Waals surface area contributed by atoms with Gasteiger partial charge in [-0.2, -0.15) is 0 Å². The molecule has 0 aromatic heterocycles. The van der Waals surface area contributed by atoms with Crippen LogP contribution in [0.15, 0.2) is 89.8 Å². The summed E-state index contributed by atoms with van der Waals surface area (Å²) >= 11 is 0. The van der Waals surface area contributed by atoms with E-state index in [1.165, 1.54) is 12.1 Å². The first kappa shape index (κ1) is 26.0. The fourth-order valence-corrected chi connectivity index (χ4v) is 5.05. The number of hydrogen-bond acceptors (Lipinski definition) is 5. The third-order valence-corrected chi connectivity index (χ3v) is 7.11. The summed E-state index contributed by atoms with van der Waals surface area (Å²) in [6, 6.07) is 24.8. The van der Waals surface area contributed by atoms with E-state index in [0.29, 0.717) is 42.5 Å². The largest absolute Gasteiger partial charge is 0.490 e. The van der Waals surface area contributed by atoms with Gasteiger partial charge in [-0.25, -0.2) is 8.42 Å². The molecular formula is C29H30N2O5S. The van der Waals surface area contributed by atoms with E-state index in [4.69, 9.17) is 9.47 Å². The summed E-state index contributed by atoms with van der Waals surface area (Å²) in [4.78, 5) is 12.6. The van der Waals surface area contributed by atoms with Crippen molar-refractivity contribution >= 4 is 38.1 Å². The SMILES string of the molecule is CCOc1ccc(CCC(=O)Nc2ccc(S(=O)(=O)Nc3cccc4ccccc34)cc2)cc1OCC. The molecule has 37 heavy (non-hydrogen) atoms. The molecule has 0 saturated carbocycles. The molecule has 0 radical (unpaired) electrons. The maximum atomic E-state index is 13.0. The molecule has 0 fully saturated rings. The minimum Gasteiger partial charge on any atom is -0.490 e. The van der Waals surface area contributed by atoms with Crippen LogP contribution in [-0.4, -0.2) is 27.5 Å². The predicted molar refractivity (Wildman–Crippen MR) is 147 cm³/mol. The van der Waals surface area contributed by atoms with Crippen LogP contribution in [0.4, 0.5) is 11.4 Å². The third kappa shape index (κ3) is 6.59. The van der Waals surface area contributed by atoms with Gasteiger partial charge >= 0.3 is 0 Å². The second-order valence-corrected chi connectivity index (χ2v) is 10.0. The molecule has 0 aliphatic rings. The van der Waals surface area contributed by atoms with E-state index in [2.05, 4.69) is 10.0 Å². The average molecular weight is 519 g/mol. The van der Waals surface area contributed by atoms with Gasteiger partial charge in [-0.1, -0.05) is 42.5 Å². The van der Waals surface area contributed by atoms with Crippen molar-refractivity contribution < 1.29 is 22.7 Å². The Labute approximate surface area is 217 Å². The van der Waals surface area contributed by atoms with E-state index in [9.17, 15) is 13.2 Å². The summed E-state index contributed by atoms with van der Waals surface area (Å²) in [5.41, 5.74) is 2.00. The number of fused-ring (bicyclic) bond motifs is 1. The molecule has 7 nitrogen and oxygen atoms in total. The van der Waals surface area contributed by atoms with Crippen molar-refractivity contribution in [2.24, 2.45) is 0 Å². The Hall–Kier alpha value is -4.04. The topological polar surface area (TPSA) is 93.7 Å². The molecule has 4 aromatic carbocycles. The molecule has 0 spiro atoms. The van der Waals surface area contributed by atoms with Crippen molar-refractivity contribution in [3.63, 3.8) is 0 Å². The molecule has 192 valence electrons. The summed E-state index contributed by atoms with van der Waals surface area (Å²) in [6.07, 6.45) is 0.794. The van der Waals surface area contributed by atoms with Crippen LogP contribution in [0, 0.1) is 0 Å². The molecule has 0 unspecified atom stereocenters. The zero-order valence-corrected chi connectivity index (χ0v) is 21.7. The van der Waals surface area contributed by atoms with Gasteiger partial charge in [0.1, 0.15) is 0 Å². The summed E-state index contributed by atoms with van der Waals surface area (Å²) in [6.45, 7) is 4.89. The fourth-order valence-electron chi connectivity index (χ4n) is 3.97. The second kappa shape index (κ2) is 11.8. The third-order valence-electron chi connectivity index (χ3n) is 5.73. The zero-order chi connectivity index (χ0) is 26.3. The highest BCUT2D eigenvalue weighted by molar-refractivity contribution is 7.92. The lowest BCUT2D eigenvalue weighted by Gasteiger charge is -2.13. The lowest BCUT2D eigenvalue weighted by Crippen LogP contribution is -2.14. The number of anilines is 2. The van der Waals surface area contributed by atoms with E-state index in [-0.39, 0.29) is 17.2 Å². The van der Waals surface area contributed by atoms with Gasteiger partial charge in [-0.3, -0.25) is 9.52 Å². The molecule has 8 heteroatoms. The monoisotopic (exact) mass is 518 g/mol. The van der Waals surface area contributed by atoms with Crippen LogP contribution >= 0.6 is 0 Å². The minimum atomic E-state index is -3.80. The van der Waals surface area contributed by atoms with Crippen molar-refractivity contribution in [1.82, 2.24) is 0 Å². The highest BCUT2D eigenvalue weighted by Gasteiger charge is 2.16. The molecule has 0 saturated heterocycles. The molecule has 2 N–H and O–H groups in total. The lowest BCUT2D eigenvalue weighted by atomic mass is 10.1. The van der Waals surface area contributed by atoms with Crippen molar-refractivity contribution in [1.29, 1.82) is 0 Å². The molecule has 4 rings (SSSR count). The van der Waals surface area contributed by atoms with Crippen molar-refractivity contribution in [3.8, 4) is 11.5 Å². The summed E-state index contributed by atoms with van der Waals surface area (Å²) < 4.78 is 39.8. The number of carbonyl (C=O) groups excluding carboxylic acids is 1. The summed E-state index contributed by atoms with van der Waals surface area (Å²) in [7, 11) is -3.80. The van der Waals surface area contributed by atoms with Gasteiger partial charge in [0.15, 0.2) is 11.5 Å². The number of nitrogens with one attached hydrogen (secondary N) is 2. The molecule has 0 bridgehead atoms. The molecular weight excluding hydrogens is 488 g/mol. The maximum absolute atomic E-state index is 13.0. The van der Waals surface area contributed by atoms with Gasteiger partial charge in [-0.05, 0) is 73.7 Å². The predicted octanol–water partition coefficient (Wildman–Crippen LogP) is 6.01. The van der Waals surface area contributed by atoms with Gasteiger partial charge < -0.3 is 14.8 Å². The van der Waals surface area contributed by atoms with E-state index in [0.717, 1.165) is 16.3 Å². The van der Waals surface area contributed by atoms with Crippen LogP contribution in [0.2, 0.25) is 0 Å². The van der Waals surface area contributed by atoms with Gasteiger partial charge in [0, 0.05) is 17.5 Å². The van der Waals surface area contributed by atoms with Crippen molar-refractivity contribution in [2.45, 2.75) is 31.6 Å². The molecule has 0 aliphatic carbocycles. The Morgan fingerprint density at radius 2 is 1.51 bits per heavy atom. The summed E-state index contributed by atoms with van der Waals surface area (Å²) in [5.74, 6) is 1.18. The van der Waals surface area contributed by atoms with Crippen LogP contribution in [0.1, 0.15) is 25.8 Å². The van der Waals surface area contributed by atoms with Crippen molar-refractivity contribution in [2.75, 3.05) is 23.3 Å². The van der Waals surface area contributed by atoms with E-state index < -0.39 is 10.0 Å². The van der Waals surface area contributed by atoms with E-state index in [1.807, 2.05) is 68.4 Å². The number of rotatable bonds is 11. The Bertz CT molecular complexity index is 1480. The van der Waals surface area contributed by atoms with Crippen LogP contribution < -0.4 is 19.5 Å². The first-order valence-corrected chi connectivity index (χ1v) is 13.7. The number of carbonyl (C=O) groups is 1. The highest BCUT2D eigenvalue weighted by Crippen LogP contribution is 2.29. The second-order valence-electron chi connectivity index (χ2n) is 8.35. The van der Waals surface area contributed by atoms with Crippen molar-refractivity contribution in [3.05, 3.63) is 90.5 Å². The van der Waals surface area contributed by atoms with Crippen LogP contribution in [-0.2, 0) is 21.2 Å². The van der Waals surface area contributed by atoms with Crippen LogP contribution in [0.3, 0.4) is 0 Å². The minimum absolute atomic E-state index is 0.108. The van der Waals surface area contributed by atoms with Crippen LogP contribution in [0.5, 0.6) is 11.5 Å². The van der Waals surface area contributed by atoms with E-state index >= 15 is 0 Å². The first-order chi connectivity index (χ1) is 17.9. The molecule has 0 aliphatic heterocycles. The molecule has 0 atom stereocenters. The Morgan fingerprint density at radius 3 is 2.27 bits per heavy atom. The van der Waals surface area contributed by atoms with Gasteiger partial charge in [-0.15, -0.1) is 0 Å². The number of benzene rings is 4. The van der Waals surface area contributed by atoms with Gasteiger partial charge in [0.2, 0.25) is 5.91 Å². The maximum Gasteiger partial charge on any atom is 0.261 e. The van der Waals surface area contributed by atoms with Gasteiger partial charge in [0.05, 0.1) is 23.8 Å². The fraction of sp³-hybridized carbons (Fsp3) is 0.207. The standard InChI is InChI=1S/C29H30N2O5S/c1-3-35-27-18-12-21(20-28(27)36-4-2)13-19-29(32)30-23-14-16-24(17-15-23)37(33,34)31-26-11-7-9-22-8-5-6-10-25(22)26/h5-12,14-18,20,31H,3-4,13,19H2,1-2H3,(H,30,32). The molecule has 0 heterocycles. The van der Waals surface area contributed by atoms with Crippen LogP contribution in [0.25, 0.3) is 10.8 Å². The summed E-state index contributed by atoms with van der Waals surface area (Å²) in [5, 5.41) is 4.59. The Balaban J connectivity index is 1.37. The quantitative estimate of drug-likeness (QED) is 0.254. The number of ether oxygens (including phenoxy) is 2. The zero-order valence-electron chi connectivity index (χ0n) is 20.9.